The molecule has 4 aromatic heterocycles. The van der Waals surface area contributed by atoms with Crippen LogP contribution in [0, 0.1) is 11.8 Å². The fourth-order valence-corrected chi connectivity index (χ4v) is 3.91. The number of carbonyl (C=O) groups excluding carboxylic acids is 2. The van der Waals surface area contributed by atoms with Crippen LogP contribution < -0.4 is 10.9 Å². The molecule has 0 radical (unpaired) electrons. The fraction of sp³-hybridized carbons (Fsp3) is 0.500. The molecule has 4 N–H and O–H groups in total. The van der Waals surface area contributed by atoms with Gasteiger partial charge in [-0.05, 0) is 12.8 Å². The van der Waals surface area contributed by atoms with E-state index in [-0.39, 0.29) is 50.2 Å². The topological polar surface area (TPSA) is 210 Å². The van der Waals surface area contributed by atoms with Crippen LogP contribution in [0.3, 0.4) is 0 Å². The van der Waals surface area contributed by atoms with Crippen molar-refractivity contribution in [2.24, 2.45) is 17.7 Å². The first-order valence-electron chi connectivity index (χ1n) is 12.7. The Balaban J connectivity index is 1.51. The highest BCUT2D eigenvalue weighted by molar-refractivity contribution is 5.73. The zero-order valence-corrected chi connectivity index (χ0v) is 22.3. The fourth-order valence-electron chi connectivity index (χ4n) is 3.91. The molecule has 16 heteroatoms. The van der Waals surface area contributed by atoms with E-state index in [9.17, 15) is 19.8 Å². The normalized spacial score (nSPS) is 11.6. The Kier molecular flexibility index (Phi) is 9.47. The Hall–Kier alpha value is -4.28. The van der Waals surface area contributed by atoms with E-state index < -0.39 is 11.9 Å². The molecule has 0 aliphatic rings. The summed E-state index contributed by atoms with van der Waals surface area (Å²) in [5, 5.41) is 19.9. The Labute approximate surface area is 228 Å². The number of esters is 2. The van der Waals surface area contributed by atoms with Gasteiger partial charge in [0, 0.05) is 52.0 Å². The average Bonchev–Trinajstić information content (AvgIpc) is 3.55. The summed E-state index contributed by atoms with van der Waals surface area (Å²) in [4.78, 5) is 48.9. The molecule has 0 saturated carbocycles. The molecule has 0 aromatic carbocycles. The molecule has 0 spiro atoms. The molecule has 4 rings (SSSR count). The van der Waals surface area contributed by atoms with Crippen molar-refractivity contribution in [3.05, 3.63) is 25.0 Å². The molecule has 0 aliphatic carbocycles. The van der Waals surface area contributed by atoms with Crippen molar-refractivity contribution < 1.29 is 29.3 Å². The number of nitrogens with two attached hydrogens (primary N) is 1. The maximum atomic E-state index is 11.3. The van der Waals surface area contributed by atoms with Crippen LogP contribution >= 0.6 is 0 Å². The second-order valence-corrected chi connectivity index (χ2v) is 9.28. The first-order valence-corrected chi connectivity index (χ1v) is 12.7. The van der Waals surface area contributed by atoms with Crippen LogP contribution in [-0.4, -0.2) is 87.6 Å². The summed E-state index contributed by atoms with van der Waals surface area (Å²) in [6.07, 6.45) is 7.37. The maximum absolute atomic E-state index is 11.3. The van der Waals surface area contributed by atoms with Gasteiger partial charge in [-0.1, -0.05) is 0 Å². The van der Waals surface area contributed by atoms with E-state index in [1.165, 1.54) is 20.0 Å². The number of imidazole rings is 2. The molecule has 0 bridgehead atoms. The number of ether oxygens (including phenoxy) is 2. The molecule has 0 fully saturated rings. The lowest BCUT2D eigenvalue weighted by Gasteiger charge is -2.17. The molecular formula is C24H32N10O6. The van der Waals surface area contributed by atoms with Crippen molar-refractivity contribution in [3.63, 3.8) is 0 Å². The van der Waals surface area contributed by atoms with Gasteiger partial charge in [-0.3, -0.25) is 9.59 Å². The van der Waals surface area contributed by atoms with Gasteiger partial charge < -0.3 is 28.8 Å². The second kappa shape index (κ2) is 13.2. The number of anilines is 2. The lowest BCUT2D eigenvalue weighted by Crippen LogP contribution is -2.29. The number of fused-ring (bicyclic) bond motifs is 2. The predicted octanol–water partition coefficient (Wildman–Crippen LogP) is 0.101. The highest BCUT2D eigenvalue weighted by Crippen LogP contribution is 2.21. The number of nitrogens with zero attached hydrogens (tertiary/aromatic N) is 9. The molecule has 4 heterocycles. The van der Waals surface area contributed by atoms with Gasteiger partial charge in [0.25, 0.3) is 0 Å². The number of hydrazine groups is 1. The summed E-state index contributed by atoms with van der Waals surface area (Å²) >= 11 is 0. The quantitative estimate of drug-likeness (QED) is 0.107. The van der Waals surface area contributed by atoms with E-state index in [1.54, 1.807) is 28.0 Å². The van der Waals surface area contributed by atoms with Gasteiger partial charge >= 0.3 is 11.9 Å². The van der Waals surface area contributed by atoms with Crippen molar-refractivity contribution in [2.45, 2.75) is 39.8 Å². The summed E-state index contributed by atoms with van der Waals surface area (Å²) in [5.41, 5.74) is 2.16. The van der Waals surface area contributed by atoms with Gasteiger partial charge in [-0.25, -0.2) is 30.8 Å². The van der Waals surface area contributed by atoms with E-state index in [4.69, 9.17) is 15.3 Å². The Morgan fingerprint density at radius 1 is 0.825 bits per heavy atom. The summed E-state index contributed by atoms with van der Waals surface area (Å²) in [6.45, 7) is 3.58. The molecule has 0 unspecified atom stereocenters. The minimum Gasteiger partial charge on any atom is -0.465 e. The number of carbonyl (C=O) groups is 2. The van der Waals surface area contributed by atoms with Crippen molar-refractivity contribution in [1.29, 1.82) is 0 Å². The van der Waals surface area contributed by atoms with Crippen LogP contribution in [0.15, 0.2) is 25.0 Å². The van der Waals surface area contributed by atoms with Gasteiger partial charge in [0.15, 0.2) is 11.3 Å². The Morgan fingerprint density at radius 2 is 1.27 bits per heavy atom. The lowest BCUT2D eigenvalue weighted by molar-refractivity contribution is -0.146. The van der Waals surface area contributed by atoms with E-state index in [2.05, 4.69) is 29.9 Å². The molecule has 0 saturated heterocycles. The van der Waals surface area contributed by atoms with E-state index in [0.717, 1.165) is 5.01 Å². The third-order valence-corrected chi connectivity index (χ3v) is 6.24. The molecule has 0 amide bonds. The van der Waals surface area contributed by atoms with Crippen LogP contribution in [0.1, 0.15) is 26.7 Å². The number of hydrogen-bond acceptors (Lipinski definition) is 14. The number of aliphatic hydroxyl groups excluding tert-OH is 2. The molecule has 0 aliphatic heterocycles. The largest absolute Gasteiger partial charge is 0.465 e. The SMILES string of the molecule is CC(=O)OCC(CCn1cnc2cnc(N(N)c3ncc4ncn(CCC(CO)CO)c4n3)nc21)COC(C)=O. The summed E-state index contributed by atoms with van der Waals surface area (Å²) in [6, 6.07) is 0. The first kappa shape index (κ1) is 28.7. The number of hydrogen-bond donors (Lipinski definition) is 3. The highest BCUT2D eigenvalue weighted by atomic mass is 16.5. The third kappa shape index (κ3) is 7.02. The molecule has 214 valence electrons. The van der Waals surface area contributed by atoms with Crippen LogP contribution in [0.5, 0.6) is 0 Å². The summed E-state index contributed by atoms with van der Waals surface area (Å²) in [7, 11) is 0. The van der Waals surface area contributed by atoms with Gasteiger partial charge in [-0.15, -0.1) is 0 Å². The first-order chi connectivity index (χ1) is 19.3. The summed E-state index contributed by atoms with van der Waals surface area (Å²) in [5.74, 6) is 5.32. The van der Waals surface area contributed by atoms with Crippen LogP contribution in [0.4, 0.5) is 11.9 Å². The highest BCUT2D eigenvalue weighted by Gasteiger charge is 2.18. The molecular weight excluding hydrogens is 524 g/mol. The Bertz CT molecular complexity index is 1430. The zero-order chi connectivity index (χ0) is 28.6. The van der Waals surface area contributed by atoms with E-state index in [0.29, 0.717) is 48.3 Å². The van der Waals surface area contributed by atoms with Crippen LogP contribution in [-0.2, 0) is 32.2 Å². The predicted molar refractivity (Wildman–Crippen MR) is 141 cm³/mol. The van der Waals surface area contributed by atoms with Crippen LogP contribution in [0.2, 0.25) is 0 Å². The van der Waals surface area contributed by atoms with E-state index in [1.807, 2.05) is 0 Å². The lowest BCUT2D eigenvalue weighted by atomic mass is 10.1. The number of aryl methyl sites for hydroxylation is 2. The number of aliphatic hydroxyl groups is 2. The van der Waals surface area contributed by atoms with E-state index >= 15 is 0 Å². The van der Waals surface area contributed by atoms with Gasteiger partial charge in [0.05, 0.1) is 38.3 Å². The Morgan fingerprint density at radius 3 is 1.70 bits per heavy atom. The smallest absolute Gasteiger partial charge is 0.302 e. The average molecular weight is 557 g/mol. The molecule has 16 nitrogen and oxygen atoms in total. The summed E-state index contributed by atoms with van der Waals surface area (Å²) < 4.78 is 13.8. The third-order valence-electron chi connectivity index (χ3n) is 6.24. The monoisotopic (exact) mass is 556 g/mol. The molecule has 0 atom stereocenters. The number of rotatable bonds is 14. The molecule has 40 heavy (non-hydrogen) atoms. The maximum Gasteiger partial charge on any atom is 0.302 e. The van der Waals surface area contributed by atoms with Gasteiger partial charge in [-0.2, -0.15) is 9.97 Å². The van der Waals surface area contributed by atoms with Crippen LogP contribution in [0.25, 0.3) is 22.3 Å². The zero-order valence-electron chi connectivity index (χ0n) is 22.3. The molecule has 4 aromatic rings. The van der Waals surface area contributed by atoms with Crippen molar-refractivity contribution >= 4 is 46.2 Å². The van der Waals surface area contributed by atoms with Crippen molar-refractivity contribution in [1.82, 2.24) is 39.0 Å². The standard InChI is InChI=1S/C24H32N10O6/c1-15(37)39-11-18(12-40-16(2)38)4-6-33-14-29-20-8-27-24(31-22(20)33)34(25)23-26-7-19-21(30-23)32(13-28-19)5-3-17(9-35)10-36/h7-8,13-14,17-18,35-36H,3-6,9-12,25H2,1-2H3. The van der Waals surface area contributed by atoms with Crippen molar-refractivity contribution in [2.75, 3.05) is 31.4 Å². The minimum atomic E-state index is -0.413. The number of aromatic nitrogens is 8. The minimum absolute atomic E-state index is 0.114. The van der Waals surface area contributed by atoms with Crippen molar-refractivity contribution in [3.8, 4) is 0 Å². The van der Waals surface area contributed by atoms with Gasteiger partial charge in [0.2, 0.25) is 11.9 Å². The second-order valence-electron chi connectivity index (χ2n) is 9.28. The van der Waals surface area contributed by atoms with Gasteiger partial charge in [0.1, 0.15) is 11.0 Å².